The molecular weight excluding hydrogens is 429 g/mol. The van der Waals surface area contributed by atoms with Crippen molar-refractivity contribution in [3.8, 4) is 0 Å². The Bertz CT molecular complexity index is 1080. The number of nitrogens with zero attached hydrogens (tertiary/aromatic N) is 1. The fourth-order valence-corrected chi connectivity index (χ4v) is 5.26. The van der Waals surface area contributed by atoms with E-state index < -0.39 is 11.4 Å². The summed E-state index contributed by atoms with van der Waals surface area (Å²) in [6.45, 7) is 1.89. The van der Waals surface area contributed by atoms with E-state index in [2.05, 4.69) is 17.0 Å². The van der Waals surface area contributed by atoms with E-state index in [-0.39, 0.29) is 24.9 Å². The van der Waals surface area contributed by atoms with Crippen LogP contribution >= 0.6 is 11.6 Å². The second-order valence-electron chi connectivity index (χ2n) is 8.55. The molecular formula is C26H25ClFNO3. The van der Waals surface area contributed by atoms with Crippen molar-refractivity contribution in [2.24, 2.45) is 0 Å². The molecule has 3 aromatic carbocycles. The highest BCUT2D eigenvalue weighted by molar-refractivity contribution is 6.31. The van der Waals surface area contributed by atoms with Gasteiger partial charge in [-0.2, -0.15) is 0 Å². The Morgan fingerprint density at radius 1 is 0.969 bits per heavy atom. The van der Waals surface area contributed by atoms with Crippen LogP contribution in [0.15, 0.2) is 78.9 Å². The summed E-state index contributed by atoms with van der Waals surface area (Å²) in [5.41, 5.74) is 1.38. The predicted molar refractivity (Wildman–Crippen MR) is 121 cm³/mol. The van der Waals surface area contributed by atoms with E-state index in [0.717, 1.165) is 11.1 Å². The van der Waals surface area contributed by atoms with Crippen LogP contribution < -0.4 is 0 Å². The van der Waals surface area contributed by atoms with Crippen LogP contribution in [-0.2, 0) is 21.6 Å². The van der Waals surface area contributed by atoms with E-state index >= 15 is 0 Å². The standard InChI is InChI=1S/C26H25ClFNO3/c27-23-9-5-4-8-22(23)25(30)17-26(32-18-25)24(20-10-12-21(28)13-11-20)29(14-15-31-26)16-19-6-2-1-3-7-19/h1-13,24,30H,14-18H2. The molecule has 6 heteroatoms. The van der Waals surface area contributed by atoms with Gasteiger partial charge in [-0.1, -0.05) is 72.3 Å². The summed E-state index contributed by atoms with van der Waals surface area (Å²) in [6, 6.07) is 23.6. The van der Waals surface area contributed by atoms with Crippen LogP contribution in [0.3, 0.4) is 0 Å². The summed E-state index contributed by atoms with van der Waals surface area (Å²) < 4.78 is 26.3. The molecule has 0 bridgehead atoms. The molecule has 1 spiro atoms. The summed E-state index contributed by atoms with van der Waals surface area (Å²) in [4.78, 5) is 2.28. The van der Waals surface area contributed by atoms with Crippen molar-refractivity contribution in [3.63, 3.8) is 0 Å². The molecule has 0 aliphatic carbocycles. The lowest BCUT2D eigenvalue weighted by Crippen LogP contribution is -2.54. The molecule has 5 rings (SSSR count). The van der Waals surface area contributed by atoms with Crippen LogP contribution in [0.2, 0.25) is 5.02 Å². The first kappa shape index (κ1) is 21.6. The molecule has 0 aromatic heterocycles. The first-order chi connectivity index (χ1) is 15.5. The van der Waals surface area contributed by atoms with E-state index in [1.807, 2.05) is 36.4 Å². The van der Waals surface area contributed by atoms with Crippen LogP contribution in [-0.4, -0.2) is 35.6 Å². The van der Waals surface area contributed by atoms with E-state index in [1.165, 1.54) is 12.1 Å². The number of ether oxygens (including phenoxy) is 2. The molecule has 2 fully saturated rings. The number of hydrogen-bond acceptors (Lipinski definition) is 4. The van der Waals surface area contributed by atoms with E-state index in [9.17, 15) is 9.50 Å². The maximum Gasteiger partial charge on any atom is 0.191 e. The average molecular weight is 454 g/mol. The molecule has 166 valence electrons. The first-order valence-electron chi connectivity index (χ1n) is 10.8. The summed E-state index contributed by atoms with van der Waals surface area (Å²) in [5.74, 6) is -1.38. The minimum Gasteiger partial charge on any atom is -0.382 e. The Morgan fingerprint density at radius 3 is 2.44 bits per heavy atom. The van der Waals surface area contributed by atoms with Crippen molar-refractivity contribution in [3.05, 3.63) is 106 Å². The second-order valence-corrected chi connectivity index (χ2v) is 8.95. The Morgan fingerprint density at radius 2 is 1.69 bits per heavy atom. The van der Waals surface area contributed by atoms with E-state index in [1.54, 1.807) is 18.2 Å². The number of halogens is 2. The molecule has 0 saturated carbocycles. The summed E-state index contributed by atoms with van der Waals surface area (Å²) in [6.07, 6.45) is 0.219. The van der Waals surface area contributed by atoms with Crippen LogP contribution in [0.5, 0.6) is 0 Å². The summed E-state index contributed by atoms with van der Waals surface area (Å²) >= 11 is 6.42. The van der Waals surface area contributed by atoms with Gasteiger partial charge in [0.2, 0.25) is 0 Å². The Labute approximate surface area is 192 Å². The highest BCUT2D eigenvalue weighted by Gasteiger charge is 2.58. The molecule has 0 amide bonds. The molecule has 3 unspecified atom stereocenters. The summed E-state index contributed by atoms with van der Waals surface area (Å²) in [7, 11) is 0. The van der Waals surface area contributed by atoms with Crippen LogP contribution in [0.4, 0.5) is 4.39 Å². The lowest BCUT2D eigenvalue weighted by atomic mass is 9.84. The molecule has 3 atom stereocenters. The van der Waals surface area contributed by atoms with Crippen molar-refractivity contribution in [2.45, 2.75) is 30.4 Å². The van der Waals surface area contributed by atoms with Crippen molar-refractivity contribution in [1.29, 1.82) is 0 Å². The largest absolute Gasteiger partial charge is 0.382 e. The highest BCUT2D eigenvalue weighted by Crippen LogP contribution is 2.51. The lowest BCUT2D eigenvalue weighted by molar-refractivity contribution is -0.276. The van der Waals surface area contributed by atoms with Crippen LogP contribution in [0, 0.1) is 5.82 Å². The van der Waals surface area contributed by atoms with Gasteiger partial charge in [-0.25, -0.2) is 4.39 Å². The zero-order valence-electron chi connectivity index (χ0n) is 17.6. The van der Waals surface area contributed by atoms with Gasteiger partial charge < -0.3 is 14.6 Å². The fourth-order valence-electron chi connectivity index (χ4n) is 4.95. The molecule has 2 aliphatic rings. The van der Waals surface area contributed by atoms with Crippen LogP contribution in [0.25, 0.3) is 0 Å². The van der Waals surface area contributed by atoms with Gasteiger partial charge in [0.1, 0.15) is 11.4 Å². The average Bonchev–Trinajstić information content (AvgIpc) is 3.13. The lowest BCUT2D eigenvalue weighted by Gasteiger charge is -2.47. The molecule has 32 heavy (non-hydrogen) atoms. The van der Waals surface area contributed by atoms with Gasteiger partial charge in [0, 0.05) is 30.1 Å². The van der Waals surface area contributed by atoms with Crippen molar-refractivity contribution >= 4 is 11.6 Å². The fraction of sp³-hybridized carbons (Fsp3) is 0.308. The van der Waals surface area contributed by atoms with Gasteiger partial charge in [0.25, 0.3) is 0 Å². The van der Waals surface area contributed by atoms with Gasteiger partial charge >= 0.3 is 0 Å². The number of benzene rings is 3. The third kappa shape index (κ3) is 3.96. The molecule has 2 heterocycles. The van der Waals surface area contributed by atoms with Crippen LogP contribution in [0.1, 0.15) is 29.2 Å². The minimum atomic E-state index is -1.29. The molecule has 2 aliphatic heterocycles. The normalized spacial score (nSPS) is 28.3. The predicted octanol–water partition coefficient (Wildman–Crippen LogP) is 5.06. The van der Waals surface area contributed by atoms with Crippen molar-refractivity contribution in [1.82, 2.24) is 4.90 Å². The van der Waals surface area contributed by atoms with Gasteiger partial charge in [0.15, 0.2) is 5.79 Å². The zero-order valence-corrected chi connectivity index (χ0v) is 18.3. The van der Waals surface area contributed by atoms with E-state index in [4.69, 9.17) is 21.1 Å². The monoisotopic (exact) mass is 453 g/mol. The zero-order chi connectivity index (χ0) is 22.2. The Kier molecular flexibility index (Phi) is 5.78. The third-order valence-electron chi connectivity index (χ3n) is 6.39. The van der Waals surface area contributed by atoms with Gasteiger partial charge in [-0.15, -0.1) is 0 Å². The summed E-state index contributed by atoms with van der Waals surface area (Å²) in [5, 5.41) is 12.1. The topological polar surface area (TPSA) is 41.9 Å². The minimum absolute atomic E-state index is 0.0631. The maximum absolute atomic E-state index is 13.7. The molecule has 3 aromatic rings. The molecule has 2 saturated heterocycles. The molecule has 0 radical (unpaired) electrons. The van der Waals surface area contributed by atoms with E-state index in [0.29, 0.717) is 30.3 Å². The number of hydrogen-bond donors (Lipinski definition) is 1. The van der Waals surface area contributed by atoms with Gasteiger partial charge in [-0.05, 0) is 29.3 Å². The number of morpholine rings is 1. The SMILES string of the molecule is OC1(c2ccccc2Cl)COC2(C1)OCCN(Cc1ccccc1)C2c1ccc(F)cc1. The first-order valence-corrected chi connectivity index (χ1v) is 11.2. The maximum atomic E-state index is 13.7. The number of aliphatic hydroxyl groups is 1. The quantitative estimate of drug-likeness (QED) is 0.599. The van der Waals surface area contributed by atoms with Gasteiger partial charge in [0.05, 0.1) is 19.3 Å². The Hall–Kier alpha value is -2.28. The van der Waals surface area contributed by atoms with Crippen molar-refractivity contribution in [2.75, 3.05) is 19.8 Å². The van der Waals surface area contributed by atoms with Crippen molar-refractivity contribution < 1.29 is 19.0 Å². The molecule has 4 nitrogen and oxygen atoms in total. The second kappa shape index (κ2) is 8.58. The highest BCUT2D eigenvalue weighted by atomic mass is 35.5. The van der Waals surface area contributed by atoms with Gasteiger partial charge in [-0.3, -0.25) is 4.90 Å². The number of rotatable bonds is 4. The smallest absolute Gasteiger partial charge is 0.191 e. The molecule has 1 N–H and O–H groups in total. The Balaban J connectivity index is 1.54. The third-order valence-corrected chi connectivity index (χ3v) is 6.72.